The van der Waals surface area contributed by atoms with Gasteiger partial charge in [-0.05, 0) is 36.7 Å². The molecule has 6 heteroatoms. The van der Waals surface area contributed by atoms with Crippen LogP contribution in [0.15, 0.2) is 58.4 Å². The molecule has 23 heavy (non-hydrogen) atoms. The number of fused-ring (bicyclic) bond motifs is 3. The minimum absolute atomic E-state index is 0.123. The summed E-state index contributed by atoms with van der Waals surface area (Å²) in [6.45, 7) is 2.98. The lowest BCUT2D eigenvalue weighted by molar-refractivity contribution is -0.385. The smallest absolute Gasteiger partial charge is 0.270 e. The minimum Gasteiger partial charge on any atom is -0.310 e. The average Bonchev–Trinajstić information content (AvgIpc) is 2.94. The third-order valence-electron chi connectivity index (χ3n) is 4.52. The lowest BCUT2D eigenvalue weighted by atomic mass is 9.85. The fraction of sp³-hybridized carbons (Fsp3) is 0.235. The Bertz CT molecular complexity index is 822. The van der Waals surface area contributed by atoms with Crippen LogP contribution in [0.25, 0.3) is 0 Å². The highest BCUT2D eigenvalue weighted by atomic mass is 32.2. The highest BCUT2D eigenvalue weighted by Gasteiger charge is 2.44. The van der Waals surface area contributed by atoms with E-state index in [-0.39, 0.29) is 16.1 Å². The number of hydrogen-bond donors (Lipinski definition) is 0. The molecule has 1 unspecified atom stereocenters. The molecule has 2 aromatic rings. The summed E-state index contributed by atoms with van der Waals surface area (Å²) in [6.07, 6.45) is 0.914. The first-order valence-corrected chi connectivity index (χ1v) is 8.28. The maximum atomic E-state index is 11.0. The number of aliphatic imine (C=N–C) groups is 1. The second-order valence-corrected chi connectivity index (χ2v) is 6.91. The first kappa shape index (κ1) is 14.3. The number of anilines is 1. The minimum atomic E-state index is -0.351. The summed E-state index contributed by atoms with van der Waals surface area (Å²) in [5.41, 5.74) is 2.18. The largest absolute Gasteiger partial charge is 0.310 e. The molecule has 0 aromatic heterocycles. The zero-order valence-corrected chi connectivity index (χ0v) is 13.4. The van der Waals surface area contributed by atoms with Gasteiger partial charge in [-0.15, -0.1) is 0 Å². The highest BCUT2D eigenvalue weighted by Crippen LogP contribution is 2.50. The normalized spacial score (nSPS) is 22.3. The van der Waals surface area contributed by atoms with Gasteiger partial charge in [-0.3, -0.25) is 15.1 Å². The van der Waals surface area contributed by atoms with Crippen molar-refractivity contribution in [2.24, 2.45) is 4.99 Å². The number of nitro groups is 1. The molecule has 0 N–H and O–H groups in total. The summed E-state index contributed by atoms with van der Waals surface area (Å²) in [5.74, 6) is 0. The first-order chi connectivity index (χ1) is 11.1. The molecule has 1 atom stereocenters. The predicted molar refractivity (Wildman–Crippen MR) is 92.1 cm³/mol. The number of rotatable bonds is 2. The second-order valence-electron chi connectivity index (χ2n) is 5.90. The molecular formula is C17H15N3O2S. The number of nitrogens with zero attached hydrogens (tertiary/aromatic N) is 3. The van der Waals surface area contributed by atoms with Crippen molar-refractivity contribution >= 4 is 28.3 Å². The topological polar surface area (TPSA) is 58.7 Å². The molecule has 0 saturated heterocycles. The standard InChI is InChI=1S/C17H15N3O2S/c1-17(12-5-3-2-4-6-12)9-10-18-16-19(17)14-8-7-13(20(21)22)11-15(14)23-16/h2-8,11H,9-10H2,1H3. The molecule has 0 aliphatic carbocycles. The van der Waals surface area contributed by atoms with E-state index in [1.807, 2.05) is 24.3 Å². The molecular weight excluding hydrogens is 310 g/mol. The molecule has 4 rings (SSSR count). The molecule has 2 aliphatic heterocycles. The van der Waals surface area contributed by atoms with E-state index in [9.17, 15) is 10.1 Å². The van der Waals surface area contributed by atoms with Crippen LogP contribution in [0.5, 0.6) is 0 Å². The molecule has 0 bridgehead atoms. The molecule has 116 valence electrons. The van der Waals surface area contributed by atoms with Gasteiger partial charge in [0, 0.05) is 23.6 Å². The molecule has 0 fully saturated rings. The summed E-state index contributed by atoms with van der Waals surface area (Å²) in [6, 6.07) is 15.4. The van der Waals surface area contributed by atoms with Crippen LogP contribution >= 0.6 is 11.8 Å². The SMILES string of the molecule is CC1(c2ccccc2)CCN=C2Sc3cc([N+](=O)[O-])ccc3N21. The maximum Gasteiger partial charge on any atom is 0.270 e. The van der Waals surface area contributed by atoms with Crippen molar-refractivity contribution in [3.8, 4) is 0 Å². The van der Waals surface area contributed by atoms with Crippen LogP contribution in [0, 0.1) is 10.1 Å². The van der Waals surface area contributed by atoms with Crippen molar-refractivity contribution in [1.29, 1.82) is 0 Å². The van der Waals surface area contributed by atoms with Crippen LogP contribution in [-0.4, -0.2) is 16.6 Å². The van der Waals surface area contributed by atoms with Gasteiger partial charge in [-0.1, -0.05) is 30.3 Å². The van der Waals surface area contributed by atoms with Crippen LogP contribution in [0.4, 0.5) is 11.4 Å². The lowest BCUT2D eigenvalue weighted by Crippen LogP contribution is -2.48. The van der Waals surface area contributed by atoms with Crippen LogP contribution in [0.3, 0.4) is 0 Å². The van der Waals surface area contributed by atoms with E-state index >= 15 is 0 Å². The Morgan fingerprint density at radius 2 is 2.04 bits per heavy atom. The Kier molecular flexibility index (Phi) is 3.16. The summed E-state index contributed by atoms with van der Waals surface area (Å²) in [4.78, 5) is 18.4. The van der Waals surface area contributed by atoms with Crippen molar-refractivity contribution in [3.05, 3.63) is 64.2 Å². The summed E-state index contributed by atoms with van der Waals surface area (Å²) in [7, 11) is 0. The molecule has 0 saturated carbocycles. The van der Waals surface area contributed by atoms with Crippen LogP contribution in [0.2, 0.25) is 0 Å². The number of nitro benzene ring substituents is 1. The monoisotopic (exact) mass is 325 g/mol. The van der Waals surface area contributed by atoms with E-state index in [1.165, 1.54) is 17.3 Å². The van der Waals surface area contributed by atoms with E-state index < -0.39 is 0 Å². The maximum absolute atomic E-state index is 11.0. The van der Waals surface area contributed by atoms with Gasteiger partial charge in [0.05, 0.1) is 16.1 Å². The summed E-state index contributed by atoms with van der Waals surface area (Å²) >= 11 is 1.52. The number of hydrogen-bond acceptors (Lipinski definition) is 5. The van der Waals surface area contributed by atoms with Crippen molar-refractivity contribution < 1.29 is 4.92 Å². The number of thioether (sulfide) groups is 1. The van der Waals surface area contributed by atoms with Crippen LogP contribution in [-0.2, 0) is 5.54 Å². The number of non-ortho nitro benzene ring substituents is 1. The van der Waals surface area contributed by atoms with Gasteiger partial charge in [0.15, 0.2) is 5.17 Å². The Hall–Kier alpha value is -2.34. The number of amidine groups is 1. The molecule has 0 radical (unpaired) electrons. The quantitative estimate of drug-likeness (QED) is 0.614. The second kappa shape index (κ2) is 5.09. The van der Waals surface area contributed by atoms with E-state index in [0.29, 0.717) is 0 Å². The molecule has 2 heterocycles. The molecule has 0 amide bonds. The Labute approximate surface area is 138 Å². The zero-order valence-electron chi connectivity index (χ0n) is 12.6. The highest BCUT2D eigenvalue weighted by molar-refractivity contribution is 8.14. The van der Waals surface area contributed by atoms with E-state index in [1.54, 1.807) is 12.1 Å². The molecule has 2 aromatic carbocycles. The van der Waals surface area contributed by atoms with Crippen molar-refractivity contribution in [3.63, 3.8) is 0 Å². The third-order valence-corrected chi connectivity index (χ3v) is 5.56. The van der Waals surface area contributed by atoms with Gasteiger partial charge >= 0.3 is 0 Å². The Balaban J connectivity index is 1.85. The zero-order chi connectivity index (χ0) is 16.0. The Morgan fingerprint density at radius 3 is 2.78 bits per heavy atom. The first-order valence-electron chi connectivity index (χ1n) is 7.46. The third kappa shape index (κ3) is 2.13. The fourth-order valence-electron chi connectivity index (χ4n) is 3.26. The average molecular weight is 325 g/mol. The molecule has 0 spiro atoms. The summed E-state index contributed by atoms with van der Waals surface area (Å²) in [5, 5.41) is 11.9. The van der Waals surface area contributed by atoms with Gasteiger partial charge in [0.2, 0.25) is 0 Å². The van der Waals surface area contributed by atoms with Gasteiger partial charge in [-0.25, -0.2) is 0 Å². The summed E-state index contributed by atoms with van der Waals surface area (Å²) < 4.78 is 0. The van der Waals surface area contributed by atoms with Gasteiger partial charge in [0.25, 0.3) is 5.69 Å². The number of benzene rings is 2. The van der Waals surface area contributed by atoms with E-state index in [2.05, 4.69) is 28.9 Å². The van der Waals surface area contributed by atoms with E-state index in [4.69, 9.17) is 0 Å². The van der Waals surface area contributed by atoms with E-state index in [0.717, 1.165) is 28.7 Å². The predicted octanol–water partition coefficient (Wildman–Crippen LogP) is 4.18. The van der Waals surface area contributed by atoms with Gasteiger partial charge in [0.1, 0.15) is 0 Å². The lowest BCUT2D eigenvalue weighted by Gasteiger charge is -2.43. The van der Waals surface area contributed by atoms with Crippen molar-refractivity contribution in [2.45, 2.75) is 23.8 Å². The van der Waals surface area contributed by atoms with Crippen LogP contribution < -0.4 is 4.90 Å². The molecule has 5 nitrogen and oxygen atoms in total. The fourth-order valence-corrected chi connectivity index (χ4v) is 4.45. The van der Waals surface area contributed by atoms with Crippen molar-refractivity contribution in [2.75, 3.05) is 11.4 Å². The van der Waals surface area contributed by atoms with Gasteiger partial charge < -0.3 is 4.90 Å². The van der Waals surface area contributed by atoms with Crippen molar-refractivity contribution in [1.82, 2.24) is 0 Å². The van der Waals surface area contributed by atoms with Gasteiger partial charge in [-0.2, -0.15) is 0 Å². The molecule has 2 aliphatic rings. The van der Waals surface area contributed by atoms with Crippen LogP contribution in [0.1, 0.15) is 18.9 Å². The Morgan fingerprint density at radius 1 is 1.26 bits per heavy atom.